The number of non-ortho nitro benzene ring substituents is 1. The van der Waals surface area contributed by atoms with Crippen LogP contribution in [0.3, 0.4) is 0 Å². The highest BCUT2D eigenvalue weighted by molar-refractivity contribution is 6.36. The molecule has 0 saturated heterocycles. The van der Waals surface area contributed by atoms with E-state index >= 15 is 0 Å². The number of amides is 2. The number of nitrogens with one attached hydrogen (secondary N) is 1. The van der Waals surface area contributed by atoms with Gasteiger partial charge in [0.1, 0.15) is 5.70 Å². The molecule has 1 aliphatic heterocycles. The molecule has 0 aromatic heterocycles. The molecule has 144 valence electrons. The molecule has 0 spiro atoms. The molecule has 0 fully saturated rings. The summed E-state index contributed by atoms with van der Waals surface area (Å²) in [6.07, 6.45) is 0. The van der Waals surface area contributed by atoms with Crippen LogP contribution in [0.15, 0.2) is 48.2 Å². The molecule has 1 heterocycles. The van der Waals surface area contributed by atoms with Crippen LogP contribution in [0.1, 0.15) is 5.56 Å². The molecule has 0 bridgehead atoms. The van der Waals surface area contributed by atoms with Gasteiger partial charge in [-0.2, -0.15) is 0 Å². The molecule has 0 unspecified atom stereocenters. The number of hydrogen-bond donors (Lipinski definition) is 1. The third kappa shape index (κ3) is 3.25. The summed E-state index contributed by atoms with van der Waals surface area (Å²) in [4.78, 5) is 36.5. The van der Waals surface area contributed by atoms with Gasteiger partial charge >= 0.3 is 0 Å². The Morgan fingerprint density at radius 3 is 2.18 bits per heavy atom. The van der Waals surface area contributed by atoms with Crippen LogP contribution >= 0.6 is 0 Å². The van der Waals surface area contributed by atoms with Gasteiger partial charge < -0.3 is 14.8 Å². The number of benzene rings is 2. The first-order valence-corrected chi connectivity index (χ1v) is 8.18. The van der Waals surface area contributed by atoms with Gasteiger partial charge in [0.15, 0.2) is 11.5 Å². The van der Waals surface area contributed by atoms with Crippen molar-refractivity contribution >= 4 is 28.8 Å². The topological polar surface area (TPSA) is 111 Å². The van der Waals surface area contributed by atoms with Crippen molar-refractivity contribution in [3.8, 4) is 11.5 Å². The largest absolute Gasteiger partial charge is 0.493 e. The predicted molar refractivity (Wildman–Crippen MR) is 101 cm³/mol. The van der Waals surface area contributed by atoms with Gasteiger partial charge in [0.05, 0.1) is 24.7 Å². The molecule has 28 heavy (non-hydrogen) atoms. The van der Waals surface area contributed by atoms with Crippen molar-refractivity contribution in [1.82, 2.24) is 4.90 Å². The SMILES string of the molecule is COc1ccc(NC2=C(c3ccc([N+](=O)[O-])cc3)C(=O)N(C)C2=O)cc1OC. The Kier molecular flexibility index (Phi) is 4.99. The first kappa shape index (κ1) is 18.9. The van der Waals surface area contributed by atoms with Crippen LogP contribution in [-0.2, 0) is 9.59 Å². The number of anilines is 1. The first-order chi connectivity index (χ1) is 13.4. The zero-order chi connectivity index (χ0) is 20.4. The number of imide groups is 1. The van der Waals surface area contributed by atoms with Gasteiger partial charge in [-0.1, -0.05) is 0 Å². The maximum absolute atomic E-state index is 12.6. The molecule has 2 aromatic carbocycles. The van der Waals surface area contributed by atoms with Crippen molar-refractivity contribution in [2.45, 2.75) is 0 Å². The van der Waals surface area contributed by atoms with E-state index in [-0.39, 0.29) is 17.0 Å². The van der Waals surface area contributed by atoms with Crippen LogP contribution in [0, 0.1) is 10.1 Å². The van der Waals surface area contributed by atoms with E-state index in [4.69, 9.17) is 9.47 Å². The molecule has 2 amide bonds. The fraction of sp³-hybridized carbons (Fsp3) is 0.158. The molecular formula is C19H17N3O6. The summed E-state index contributed by atoms with van der Waals surface area (Å²) in [5, 5.41) is 13.8. The number of nitro benzene ring substituents is 1. The highest BCUT2D eigenvalue weighted by Crippen LogP contribution is 2.34. The second-order valence-electron chi connectivity index (χ2n) is 5.92. The van der Waals surface area contributed by atoms with Crippen LogP contribution < -0.4 is 14.8 Å². The van der Waals surface area contributed by atoms with Crippen molar-refractivity contribution in [1.29, 1.82) is 0 Å². The van der Waals surface area contributed by atoms with Crippen LogP contribution in [0.2, 0.25) is 0 Å². The minimum Gasteiger partial charge on any atom is -0.493 e. The average Bonchev–Trinajstić information content (AvgIpc) is 2.91. The van der Waals surface area contributed by atoms with Gasteiger partial charge in [-0.25, -0.2) is 0 Å². The molecule has 0 radical (unpaired) electrons. The molecule has 0 atom stereocenters. The summed E-state index contributed by atoms with van der Waals surface area (Å²) >= 11 is 0. The zero-order valence-electron chi connectivity index (χ0n) is 15.4. The van der Waals surface area contributed by atoms with Crippen LogP contribution in [0.5, 0.6) is 11.5 Å². The number of rotatable bonds is 6. The second-order valence-corrected chi connectivity index (χ2v) is 5.92. The summed E-state index contributed by atoms with van der Waals surface area (Å²) in [7, 11) is 4.37. The van der Waals surface area contributed by atoms with Gasteiger partial charge in [-0.15, -0.1) is 0 Å². The van der Waals surface area contributed by atoms with Crippen LogP contribution in [0.25, 0.3) is 5.57 Å². The van der Waals surface area contributed by atoms with Crippen molar-refractivity contribution in [3.63, 3.8) is 0 Å². The maximum Gasteiger partial charge on any atom is 0.277 e. The number of carbonyl (C=O) groups is 2. The van der Waals surface area contributed by atoms with Crippen molar-refractivity contribution in [3.05, 3.63) is 63.8 Å². The number of nitro groups is 1. The van der Waals surface area contributed by atoms with Crippen molar-refractivity contribution in [2.24, 2.45) is 0 Å². The van der Waals surface area contributed by atoms with Gasteiger partial charge in [0, 0.05) is 30.9 Å². The van der Waals surface area contributed by atoms with Crippen molar-refractivity contribution < 1.29 is 24.0 Å². The highest BCUT2D eigenvalue weighted by atomic mass is 16.6. The van der Waals surface area contributed by atoms with E-state index in [1.807, 2.05) is 0 Å². The Hall–Kier alpha value is -3.88. The number of likely N-dealkylation sites (N-methyl/N-ethyl adjacent to an activating group) is 1. The van der Waals surface area contributed by atoms with Crippen LogP contribution in [0.4, 0.5) is 11.4 Å². The summed E-state index contributed by atoms with van der Waals surface area (Å²) in [6, 6.07) is 10.4. The molecule has 1 N–H and O–H groups in total. The van der Waals surface area contributed by atoms with E-state index in [0.717, 1.165) is 4.90 Å². The van der Waals surface area contributed by atoms with E-state index in [1.165, 1.54) is 45.5 Å². The van der Waals surface area contributed by atoms with Gasteiger partial charge in [-0.05, 0) is 29.8 Å². The average molecular weight is 383 g/mol. The fourth-order valence-electron chi connectivity index (χ4n) is 2.83. The lowest BCUT2D eigenvalue weighted by molar-refractivity contribution is -0.384. The standard InChI is InChI=1S/C19H17N3O6/c1-21-18(23)16(11-4-7-13(8-5-11)22(25)26)17(19(21)24)20-12-6-9-14(27-2)15(10-12)28-3/h4-10,20H,1-3H3. The minimum absolute atomic E-state index is 0.0774. The Morgan fingerprint density at radius 1 is 0.964 bits per heavy atom. The Bertz CT molecular complexity index is 997. The first-order valence-electron chi connectivity index (χ1n) is 8.18. The molecule has 0 aliphatic carbocycles. The molecule has 0 saturated carbocycles. The summed E-state index contributed by atoms with van der Waals surface area (Å²) in [5.74, 6) is -0.0337. The number of carbonyl (C=O) groups excluding carboxylic acids is 2. The number of nitrogens with zero attached hydrogens (tertiary/aromatic N) is 2. The molecule has 2 aromatic rings. The van der Waals surface area contributed by atoms with Crippen LogP contribution in [-0.4, -0.2) is 42.9 Å². The van der Waals surface area contributed by atoms with E-state index in [1.54, 1.807) is 18.2 Å². The quantitative estimate of drug-likeness (QED) is 0.463. The smallest absolute Gasteiger partial charge is 0.277 e. The fourth-order valence-corrected chi connectivity index (χ4v) is 2.83. The Morgan fingerprint density at radius 2 is 1.61 bits per heavy atom. The third-order valence-corrected chi connectivity index (χ3v) is 4.31. The molecule has 3 rings (SSSR count). The van der Waals surface area contributed by atoms with Gasteiger partial charge in [-0.3, -0.25) is 24.6 Å². The number of methoxy groups -OCH3 is 2. The number of ether oxygens (including phenoxy) is 2. The van der Waals surface area contributed by atoms with E-state index in [2.05, 4.69) is 5.32 Å². The highest BCUT2D eigenvalue weighted by Gasteiger charge is 2.37. The Balaban J connectivity index is 2.05. The predicted octanol–water partition coefficient (Wildman–Crippen LogP) is 2.43. The van der Waals surface area contributed by atoms with E-state index < -0.39 is 16.7 Å². The van der Waals surface area contributed by atoms with Gasteiger partial charge in [0.25, 0.3) is 17.5 Å². The van der Waals surface area contributed by atoms with E-state index in [0.29, 0.717) is 22.7 Å². The zero-order valence-corrected chi connectivity index (χ0v) is 15.4. The third-order valence-electron chi connectivity index (χ3n) is 4.31. The lowest BCUT2D eigenvalue weighted by Gasteiger charge is -2.12. The molecule has 9 nitrogen and oxygen atoms in total. The monoisotopic (exact) mass is 383 g/mol. The lowest BCUT2D eigenvalue weighted by atomic mass is 10.0. The van der Waals surface area contributed by atoms with E-state index in [9.17, 15) is 19.7 Å². The minimum atomic E-state index is -0.533. The van der Waals surface area contributed by atoms with Gasteiger partial charge in [0.2, 0.25) is 0 Å². The Labute approximate surface area is 160 Å². The molecular weight excluding hydrogens is 366 g/mol. The lowest BCUT2D eigenvalue weighted by Crippen LogP contribution is -2.27. The van der Waals surface area contributed by atoms with Crippen molar-refractivity contribution in [2.75, 3.05) is 26.6 Å². The molecule has 9 heteroatoms. The summed E-state index contributed by atoms with van der Waals surface area (Å²) in [5.41, 5.74) is 1.02. The normalized spacial score (nSPS) is 13.8. The second kappa shape index (κ2) is 7.39. The maximum atomic E-state index is 12.6. The summed E-state index contributed by atoms with van der Waals surface area (Å²) < 4.78 is 10.4. The number of hydrogen-bond acceptors (Lipinski definition) is 7. The summed E-state index contributed by atoms with van der Waals surface area (Å²) in [6.45, 7) is 0. The molecule has 1 aliphatic rings.